The van der Waals surface area contributed by atoms with Gasteiger partial charge in [-0.15, -0.1) is 0 Å². The van der Waals surface area contributed by atoms with Crippen molar-refractivity contribution in [2.24, 2.45) is 0 Å². The van der Waals surface area contributed by atoms with Crippen molar-refractivity contribution in [3.05, 3.63) is 35.5 Å². The maximum Gasteiger partial charge on any atom is 0.254 e. The van der Waals surface area contributed by atoms with Crippen molar-refractivity contribution < 1.29 is 9.32 Å². The van der Waals surface area contributed by atoms with Crippen LogP contribution in [0.5, 0.6) is 0 Å². The zero-order chi connectivity index (χ0) is 16.7. The molecule has 1 aliphatic heterocycles. The van der Waals surface area contributed by atoms with E-state index in [1.165, 1.54) is 0 Å². The van der Waals surface area contributed by atoms with Crippen LogP contribution in [-0.2, 0) is 0 Å². The average molecular weight is 326 g/mol. The molecule has 1 aromatic carbocycles. The van der Waals surface area contributed by atoms with Gasteiger partial charge in [0.25, 0.3) is 5.91 Å². The number of amides is 1. The Hall–Kier alpha value is -2.77. The van der Waals surface area contributed by atoms with Gasteiger partial charge in [-0.3, -0.25) is 4.79 Å². The SMILES string of the molecule is CC(C)c1noc([C@H]2CCCN2C(=O)c2ccc3n[nH]nc3c2)n1. The van der Waals surface area contributed by atoms with E-state index in [4.69, 9.17) is 4.52 Å². The highest BCUT2D eigenvalue weighted by Gasteiger charge is 2.34. The first kappa shape index (κ1) is 14.8. The van der Waals surface area contributed by atoms with E-state index in [2.05, 4.69) is 25.6 Å². The first-order chi connectivity index (χ1) is 11.6. The molecule has 3 aromatic rings. The third-order valence-electron chi connectivity index (χ3n) is 4.34. The molecular weight excluding hydrogens is 308 g/mol. The lowest BCUT2D eigenvalue weighted by molar-refractivity contribution is 0.0710. The molecule has 2 aromatic heterocycles. The van der Waals surface area contributed by atoms with Gasteiger partial charge in [-0.2, -0.15) is 20.4 Å². The van der Waals surface area contributed by atoms with Crippen LogP contribution in [0, 0.1) is 0 Å². The van der Waals surface area contributed by atoms with Gasteiger partial charge in [0.15, 0.2) is 5.82 Å². The lowest BCUT2D eigenvalue weighted by atomic mass is 10.1. The Balaban J connectivity index is 1.62. The van der Waals surface area contributed by atoms with E-state index in [1.54, 1.807) is 23.1 Å². The first-order valence-corrected chi connectivity index (χ1v) is 8.08. The number of rotatable bonds is 3. The molecule has 8 heteroatoms. The van der Waals surface area contributed by atoms with Gasteiger partial charge in [0.1, 0.15) is 17.1 Å². The fourth-order valence-corrected chi connectivity index (χ4v) is 3.02. The molecule has 1 aliphatic rings. The van der Waals surface area contributed by atoms with Crippen LogP contribution in [-0.4, -0.2) is 42.9 Å². The fourth-order valence-electron chi connectivity index (χ4n) is 3.02. The summed E-state index contributed by atoms with van der Waals surface area (Å²) in [6.45, 7) is 4.71. The summed E-state index contributed by atoms with van der Waals surface area (Å²) in [5, 5.41) is 14.6. The minimum atomic E-state index is -0.162. The van der Waals surface area contributed by atoms with Gasteiger partial charge in [-0.1, -0.05) is 19.0 Å². The highest BCUT2D eigenvalue weighted by atomic mass is 16.5. The number of aromatic nitrogens is 5. The molecule has 1 atom stereocenters. The number of fused-ring (bicyclic) bond motifs is 1. The summed E-state index contributed by atoms with van der Waals surface area (Å²) in [5.41, 5.74) is 2.01. The lowest BCUT2D eigenvalue weighted by Crippen LogP contribution is -2.30. The molecule has 0 saturated carbocycles. The molecular formula is C16H18N6O2. The van der Waals surface area contributed by atoms with Crippen LogP contribution in [0.3, 0.4) is 0 Å². The number of benzene rings is 1. The molecule has 0 bridgehead atoms. The van der Waals surface area contributed by atoms with Crippen molar-refractivity contribution >= 4 is 16.9 Å². The van der Waals surface area contributed by atoms with Crippen LogP contribution >= 0.6 is 0 Å². The molecule has 0 unspecified atom stereocenters. The lowest BCUT2D eigenvalue weighted by Gasteiger charge is -2.21. The second-order valence-corrected chi connectivity index (χ2v) is 6.33. The van der Waals surface area contributed by atoms with Gasteiger partial charge in [-0.05, 0) is 31.0 Å². The molecule has 1 fully saturated rings. The predicted octanol–water partition coefficient (Wildman–Crippen LogP) is 2.44. The van der Waals surface area contributed by atoms with Crippen LogP contribution in [0.1, 0.15) is 60.7 Å². The maximum absolute atomic E-state index is 12.9. The first-order valence-electron chi connectivity index (χ1n) is 8.08. The third-order valence-corrected chi connectivity index (χ3v) is 4.34. The zero-order valence-corrected chi connectivity index (χ0v) is 13.6. The monoisotopic (exact) mass is 326 g/mol. The van der Waals surface area contributed by atoms with E-state index in [0.29, 0.717) is 29.3 Å². The largest absolute Gasteiger partial charge is 0.337 e. The molecule has 1 amide bonds. The molecule has 124 valence electrons. The van der Waals surface area contributed by atoms with E-state index in [1.807, 2.05) is 13.8 Å². The summed E-state index contributed by atoms with van der Waals surface area (Å²) in [7, 11) is 0. The van der Waals surface area contributed by atoms with Gasteiger partial charge in [0.05, 0.1) is 0 Å². The van der Waals surface area contributed by atoms with E-state index in [-0.39, 0.29) is 17.9 Å². The molecule has 8 nitrogen and oxygen atoms in total. The van der Waals surface area contributed by atoms with E-state index < -0.39 is 0 Å². The number of carbonyl (C=O) groups is 1. The number of likely N-dealkylation sites (tertiary alicyclic amines) is 1. The molecule has 1 N–H and O–H groups in total. The van der Waals surface area contributed by atoms with Crippen LogP contribution in [0.4, 0.5) is 0 Å². The Morgan fingerprint density at radius 3 is 2.96 bits per heavy atom. The highest BCUT2D eigenvalue weighted by Crippen LogP contribution is 2.33. The highest BCUT2D eigenvalue weighted by molar-refractivity contribution is 5.97. The van der Waals surface area contributed by atoms with E-state index in [9.17, 15) is 4.79 Å². The topological polar surface area (TPSA) is 101 Å². The Morgan fingerprint density at radius 1 is 1.33 bits per heavy atom. The Morgan fingerprint density at radius 2 is 2.17 bits per heavy atom. The van der Waals surface area contributed by atoms with Crippen LogP contribution < -0.4 is 0 Å². The average Bonchev–Trinajstić information content (AvgIpc) is 3.31. The number of hydrogen-bond acceptors (Lipinski definition) is 6. The van der Waals surface area contributed by atoms with Crippen molar-refractivity contribution in [1.82, 2.24) is 30.5 Å². The third kappa shape index (κ3) is 2.44. The maximum atomic E-state index is 12.9. The second-order valence-electron chi connectivity index (χ2n) is 6.33. The Labute approximate surface area is 138 Å². The standard InChI is InChI=1S/C16H18N6O2/c1-9(2)14-17-15(24-20-14)13-4-3-7-22(13)16(23)10-5-6-11-12(8-10)19-21-18-11/h5-6,8-9,13H,3-4,7H2,1-2H3,(H,18,19,21)/t13-/m1/s1. The van der Waals surface area contributed by atoms with Crippen molar-refractivity contribution in [1.29, 1.82) is 0 Å². The van der Waals surface area contributed by atoms with Crippen LogP contribution in [0.25, 0.3) is 11.0 Å². The summed E-state index contributed by atoms with van der Waals surface area (Å²) in [5.74, 6) is 1.34. The molecule has 0 aliphatic carbocycles. The molecule has 0 spiro atoms. The minimum absolute atomic E-state index is 0.0494. The van der Waals surface area contributed by atoms with Crippen molar-refractivity contribution in [2.45, 2.75) is 38.6 Å². The van der Waals surface area contributed by atoms with Gasteiger partial charge in [0, 0.05) is 18.0 Å². The summed E-state index contributed by atoms with van der Waals surface area (Å²) in [4.78, 5) is 19.2. The Bertz CT molecular complexity index is 883. The Kier molecular flexibility index (Phi) is 3.51. The van der Waals surface area contributed by atoms with Crippen molar-refractivity contribution in [3.63, 3.8) is 0 Å². The predicted molar refractivity (Wildman–Crippen MR) is 85.3 cm³/mol. The van der Waals surface area contributed by atoms with Gasteiger partial charge in [0.2, 0.25) is 5.89 Å². The normalized spacial score (nSPS) is 18.0. The van der Waals surface area contributed by atoms with Crippen LogP contribution in [0.15, 0.2) is 22.7 Å². The fraction of sp³-hybridized carbons (Fsp3) is 0.438. The summed E-state index contributed by atoms with van der Waals surface area (Å²) in [6, 6.07) is 5.16. The van der Waals surface area contributed by atoms with Crippen molar-refractivity contribution in [2.75, 3.05) is 6.54 Å². The molecule has 1 saturated heterocycles. The summed E-state index contributed by atoms with van der Waals surface area (Å²) in [6.07, 6.45) is 1.75. The number of nitrogens with zero attached hydrogens (tertiary/aromatic N) is 5. The number of hydrogen-bond donors (Lipinski definition) is 1. The molecule has 4 rings (SSSR count). The van der Waals surface area contributed by atoms with Gasteiger partial charge in [-0.25, -0.2) is 0 Å². The molecule has 0 radical (unpaired) electrons. The summed E-state index contributed by atoms with van der Waals surface area (Å²) >= 11 is 0. The molecule has 3 heterocycles. The number of aromatic amines is 1. The second kappa shape index (κ2) is 5.70. The quantitative estimate of drug-likeness (QED) is 0.793. The number of carbonyl (C=O) groups excluding carboxylic acids is 1. The van der Waals surface area contributed by atoms with Crippen LogP contribution in [0.2, 0.25) is 0 Å². The number of nitrogens with one attached hydrogen (secondary N) is 1. The number of H-pyrrole nitrogens is 1. The molecule has 24 heavy (non-hydrogen) atoms. The van der Waals surface area contributed by atoms with E-state index in [0.717, 1.165) is 18.4 Å². The smallest absolute Gasteiger partial charge is 0.254 e. The van der Waals surface area contributed by atoms with Crippen molar-refractivity contribution in [3.8, 4) is 0 Å². The minimum Gasteiger partial charge on any atom is -0.337 e. The van der Waals surface area contributed by atoms with Gasteiger partial charge < -0.3 is 9.42 Å². The summed E-state index contributed by atoms with van der Waals surface area (Å²) < 4.78 is 5.40. The zero-order valence-electron chi connectivity index (χ0n) is 13.6. The van der Waals surface area contributed by atoms with E-state index >= 15 is 0 Å². The van der Waals surface area contributed by atoms with Gasteiger partial charge >= 0.3 is 0 Å².